The molecule has 7 nitrogen and oxygen atoms in total. The second-order valence-corrected chi connectivity index (χ2v) is 16.6. The van der Waals surface area contributed by atoms with E-state index in [1.807, 2.05) is 0 Å². The standard InChI is InChI=1S/C26H29F7N4O3Si/c1-41(2,3)11-10-39-15-37-14-17(26(31,32)33)21-20(4-7-34-23(21)37)40-22-18(27)12-16(13-19(22)28)35-24(38)36-8-5-25(29,30)6-9-36/h4,7,12-14H,5-6,8-11,15H2,1-3H3,(H,35,38). The molecule has 15 heteroatoms. The Kier molecular flexibility index (Phi) is 8.59. The molecule has 2 aromatic heterocycles. The van der Waals surface area contributed by atoms with Gasteiger partial charge < -0.3 is 24.3 Å². The number of hydrogen-bond acceptors (Lipinski definition) is 4. The van der Waals surface area contributed by atoms with Crippen LogP contribution in [0, 0.1) is 11.6 Å². The van der Waals surface area contributed by atoms with E-state index < -0.39 is 73.1 Å². The first-order valence-electron chi connectivity index (χ1n) is 12.8. The SMILES string of the molecule is C[Si](C)(C)CCOCn1cc(C(F)(F)F)c2c(Oc3c(F)cc(NC(=O)N4CCC(F)(F)CC4)cc3F)ccnc21. The number of carbonyl (C=O) groups excluding carboxylic acids is 1. The Morgan fingerprint density at radius 2 is 1.76 bits per heavy atom. The predicted octanol–water partition coefficient (Wildman–Crippen LogP) is 7.70. The molecule has 3 heterocycles. The van der Waals surface area contributed by atoms with Gasteiger partial charge in [-0.2, -0.15) is 13.2 Å². The molecule has 0 saturated carbocycles. The van der Waals surface area contributed by atoms with E-state index in [1.54, 1.807) is 0 Å². The van der Waals surface area contributed by atoms with Gasteiger partial charge in [-0.1, -0.05) is 19.6 Å². The van der Waals surface area contributed by atoms with Gasteiger partial charge in [0.25, 0.3) is 5.92 Å². The highest BCUT2D eigenvalue weighted by Crippen LogP contribution is 2.42. The van der Waals surface area contributed by atoms with E-state index >= 15 is 0 Å². The van der Waals surface area contributed by atoms with Crippen LogP contribution in [0.4, 0.5) is 41.2 Å². The zero-order valence-electron chi connectivity index (χ0n) is 22.5. The number of nitrogens with one attached hydrogen (secondary N) is 1. The van der Waals surface area contributed by atoms with Crippen molar-refractivity contribution in [1.82, 2.24) is 14.5 Å². The number of hydrogen-bond donors (Lipinski definition) is 1. The van der Waals surface area contributed by atoms with Crippen molar-refractivity contribution < 1.29 is 45.0 Å². The smallest absolute Gasteiger partial charge is 0.418 e. The molecule has 0 atom stereocenters. The molecule has 1 saturated heterocycles. The fourth-order valence-electron chi connectivity index (χ4n) is 4.20. The number of carbonyl (C=O) groups is 1. The lowest BCUT2D eigenvalue weighted by Crippen LogP contribution is -2.44. The molecule has 41 heavy (non-hydrogen) atoms. The van der Waals surface area contributed by atoms with E-state index in [1.165, 1.54) is 0 Å². The highest BCUT2D eigenvalue weighted by atomic mass is 28.3. The molecule has 0 unspecified atom stereocenters. The number of amides is 2. The second kappa shape index (κ2) is 11.5. The van der Waals surface area contributed by atoms with Crippen molar-refractivity contribution in [2.75, 3.05) is 25.0 Å². The number of ether oxygens (including phenoxy) is 2. The van der Waals surface area contributed by atoms with Gasteiger partial charge in [0.15, 0.2) is 17.4 Å². The summed E-state index contributed by atoms with van der Waals surface area (Å²) in [7, 11) is -1.44. The second-order valence-electron chi connectivity index (χ2n) is 11.0. The third-order valence-corrected chi connectivity index (χ3v) is 8.20. The molecule has 0 bridgehead atoms. The largest absolute Gasteiger partial charge is 0.450 e. The minimum Gasteiger partial charge on any atom is -0.450 e. The summed E-state index contributed by atoms with van der Waals surface area (Å²) < 4.78 is 111. The number of halogens is 7. The summed E-state index contributed by atoms with van der Waals surface area (Å²) in [6.45, 7) is 6.03. The van der Waals surface area contributed by atoms with Gasteiger partial charge in [-0.25, -0.2) is 27.3 Å². The van der Waals surface area contributed by atoms with Crippen molar-refractivity contribution in [3.63, 3.8) is 0 Å². The summed E-state index contributed by atoms with van der Waals surface area (Å²) in [5.41, 5.74) is -1.60. The van der Waals surface area contributed by atoms with Crippen molar-refractivity contribution in [2.45, 2.75) is 57.4 Å². The van der Waals surface area contributed by atoms with E-state index in [-0.39, 0.29) is 31.2 Å². The Hall–Kier alpha value is -3.33. The molecule has 3 aromatic rings. The van der Waals surface area contributed by atoms with Crippen LogP contribution < -0.4 is 10.1 Å². The predicted molar refractivity (Wildman–Crippen MR) is 140 cm³/mol. The van der Waals surface area contributed by atoms with Gasteiger partial charge in [0.05, 0.1) is 10.9 Å². The van der Waals surface area contributed by atoms with Crippen LogP contribution in [-0.2, 0) is 17.6 Å². The van der Waals surface area contributed by atoms with Gasteiger partial charge in [0.1, 0.15) is 18.1 Å². The number of fused-ring (bicyclic) bond motifs is 1. The van der Waals surface area contributed by atoms with Crippen LogP contribution in [0.2, 0.25) is 25.7 Å². The van der Waals surface area contributed by atoms with Gasteiger partial charge in [-0.3, -0.25) is 0 Å². The van der Waals surface area contributed by atoms with Crippen LogP contribution in [0.1, 0.15) is 18.4 Å². The summed E-state index contributed by atoms with van der Waals surface area (Å²) in [5, 5.41) is 1.73. The Bertz CT molecular complexity index is 1390. The fraction of sp³-hybridized carbons (Fsp3) is 0.462. The normalized spacial score (nSPS) is 15.8. The Labute approximate surface area is 232 Å². The summed E-state index contributed by atoms with van der Waals surface area (Å²) in [5.74, 6) is -7.00. The molecule has 1 aliphatic rings. The van der Waals surface area contributed by atoms with Crippen molar-refractivity contribution in [3.8, 4) is 11.5 Å². The molecule has 1 fully saturated rings. The molecular formula is C26H29F7N4O3Si. The van der Waals surface area contributed by atoms with Crippen LogP contribution in [0.25, 0.3) is 11.0 Å². The number of benzene rings is 1. The molecule has 2 amide bonds. The lowest BCUT2D eigenvalue weighted by atomic mass is 10.1. The molecule has 0 aliphatic carbocycles. The van der Waals surface area contributed by atoms with Gasteiger partial charge in [-0.15, -0.1) is 0 Å². The minimum atomic E-state index is -4.84. The monoisotopic (exact) mass is 606 g/mol. The molecule has 0 spiro atoms. The summed E-state index contributed by atoms with van der Waals surface area (Å²) in [6, 6.07) is 2.45. The summed E-state index contributed by atoms with van der Waals surface area (Å²) >= 11 is 0. The van der Waals surface area contributed by atoms with Gasteiger partial charge >= 0.3 is 12.2 Å². The molecule has 4 rings (SSSR count). The number of pyridine rings is 1. The third-order valence-electron chi connectivity index (χ3n) is 6.49. The van der Waals surface area contributed by atoms with Crippen molar-refractivity contribution in [1.29, 1.82) is 0 Å². The first-order chi connectivity index (χ1) is 19.0. The van der Waals surface area contributed by atoms with E-state index in [0.717, 1.165) is 46.1 Å². The lowest BCUT2D eigenvalue weighted by Gasteiger charge is -2.31. The molecule has 224 valence electrons. The highest BCUT2D eigenvalue weighted by molar-refractivity contribution is 6.76. The van der Waals surface area contributed by atoms with E-state index in [2.05, 4.69) is 29.9 Å². The highest BCUT2D eigenvalue weighted by Gasteiger charge is 2.37. The van der Waals surface area contributed by atoms with Crippen molar-refractivity contribution in [2.24, 2.45) is 0 Å². The number of anilines is 1. The number of piperidine rings is 1. The van der Waals surface area contributed by atoms with Crippen LogP contribution in [-0.4, -0.2) is 54.2 Å². The maximum absolute atomic E-state index is 14.9. The zero-order valence-corrected chi connectivity index (χ0v) is 23.5. The van der Waals surface area contributed by atoms with Crippen LogP contribution in [0.5, 0.6) is 11.5 Å². The van der Waals surface area contributed by atoms with Crippen LogP contribution in [0.3, 0.4) is 0 Å². The summed E-state index contributed by atoms with van der Waals surface area (Å²) in [4.78, 5) is 17.5. The average Bonchev–Trinajstić information content (AvgIpc) is 3.23. The van der Waals surface area contributed by atoms with Gasteiger partial charge in [0, 0.05) is 70.8 Å². The van der Waals surface area contributed by atoms with Crippen LogP contribution in [0.15, 0.2) is 30.6 Å². The van der Waals surface area contributed by atoms with Crippen molar-refractivity contribution >= 4 is 30.8 Å². The maximum atomic E-state index is 14.9. The molecule has 1 aliphatic heterocycles. The van der Waals surface area contributed by atoms with Crippen molar-refractivity contribution in [3.05, 3.63) is 47.8 Å². The zero-order chi connectivity index (χ0) is 30.2. The Morgan fingerprint density at radius 1 is 1.12 bits per heavy atom. The molecular weight excluding hydrogens is 577 g/mol. The van der Waals surface area contributed by atoms with E-state index in [0.29, 0.717) is 6.61 Å². The number of alkyl halides is 5. The Morgan fingerprint density at radius 3 is 2.34 bits per heavy atom. The van der Waals surface area contributed by atoms with E-state index in [9.17, 15) is 35.5 Å². The third kappa shape index (κ3) is 7.50. The first-order valence-corrected chi connectivity index (χ1v) is 16.5. The lowest BCUT2D eigenvalue weighted by molar-refractivity contribution is -0.136. The fourth-order valence-corrected chi connectivity index (χ4v) is 4.96. The topological polar surface area (TPSA) is 68.6 Å². The number of rotatable bonds is 8. The quantitative estimate of drug-likeness (QED) is 0.162. The number of aromatic nitrogens is 2. The minimum absolute atomic E-state index is 0.153. The molecule has 1 N–H and O–H groups in total. The Balaban J connectivity index is 1.57. The van der Waals surface area contributed by atoms with Crippen LogP contribution >= 0.6 is 0 Å². The maximum Gasteiger partial charge on any atom is 0.418 e. The van der Waals surface area contributed by atoms with Gasteiger partial charge in [0.2, 0.25) is 0 Å². The molecule has 0 radical (unpaired) electrons. The number of likely N-dealkylation sites (tertiary alicyclic amines) is 1. The molecule has 1 aromatic carbocycles. The number of nitrogens with zero attached hydrogens (tertiary/aromatic N) is 3. The average molecular weight is 607 g/mol. The van der Waals surface area contributed by atoms with E-state index in [4.69, 9.17) is 9.47 Å². The first kappa shape index (κ1) is 30.6. The summed E-state index contributed by atoms with van der Waals surface area (Å²) in [6.07, 6.45) is -3.97. The number of urea groups is 1. The van der Waals surface area contributed by atoms with Gasteiger partial charge in [-0.05, 0) is 12.1 Å².